The van der Waals surface area contributed by atoms with E-state index >= 15 is 0 Å². The van der Waals surface area contributed by atoms with Gasteiger partial charge in [-0.15, -0.1) is 0 Å². The fourth-order valence-electron chi connectivity index (χ4n) is 2.81. The monoisotopic (exact) mass is 382 g/mol. The van der Waals surface area contributed by atoms with Gasteiger partial charge in [0.2, 0.25) is 0 Å². The first-order valence-electron chi connectivity index (χ1n) is 8.13. The molecule has 3 aromatic rings. The van der Waals surface area contributed by atoms with Gasteiger partial charge in [0.15, 0.2) is 0 Å². The number of benzene rings is 1. The summed E-state index contributed by atoms with van der Waals surface area (Å²) in [5.74, 6) is 1.03. The van der Waals surface area contributed by atoms with E-state index in [9.17, 15) is 0 Å². The first-order valence-corrected chi connectivity index (χ1v) is 12.8. The molecule has 0 amide bonds. The van der Waals surface area contributed by atoms with Crippen LogP contribution in [0.2, 0.25) is 11.4 Å². The number of fused-ring (bicyclic) bond motifs is 1. The first-order chi connectivity index (χ1) is 11.5. The molecule has 0 fully saturated rings. The molecule has 0 bridgehead atoms. The predicted octanol–water partition coefficient (Wildman–Crippen LogP) is 3.43. The second-order valence-corrected chi connectivity index (χ2v) is 11.5. The van der Waals surface area contributed by atoms with Crippen LogP contribution in [0.5, 0.6) is 0 Å². The van der Waals surface area contributed by atoms with Gasteiger partial charge in [-0.25, -0.2) is 0 Å². The quantitative estimate of drug-likeness (QED) is 0.702. The molecule has 0 saturated heterocycles. The number of nitrogen functional groups attached to an aromatic ring is 1. The number of anilines is 1. The van der Waals surface area contributed by atoms with Gasteiger partial charge < -0.3 is 0 Å². The summed E-state index contributed by atoms with van der Waals surface area (Å²) in [6.07, 6.45) is 2.43. The van der Waals surface area contributed by atoms with Gasteiger partial charge in [0, 0.05) is 0 Å². The topological polar surface area (TPSA) is 64.7 Å². The molecule has 0 saturated carbocycles. The summed E-state index contributed by atoms with van der Waals surface area (Å²) in [6, 6.07) is 11.0. The summed E-state index contributed by atoms with van der Waals surface area (Å²) in [7, 11) is 0. The molecular formula is C19H23AsN4. The van der Waals surface area contributed by atoms with Crippen LogP contribution in [0.4, 0.5) is 5.82 Å². The molecule has 4 nitrogen and oxygen atoms in total. The van der Waals surface area contributed by atoms with E-state index in [1.165, 1.54) is 16.2 Å². The van der Waals surface area contributed by atoms with Crippen molar-refractivity contribution < 1.29 is 0 Å². The maximum absolute atomic E-state index is 6.01. The zero-order chi connectivity index (χ0) is 17.3. The molecule has 0 aliphatic carbocycles. The predicted molar refractivity (Wildman–Crippen MR) is 103 cm³/mol. The van der Waals surface area contributed by atoms with Crippen molar-refractivity contribution in [1.82, 2.24) is 15.0 Å². The molecule has 2 N–H and O–H groups in total. The average molecular weight is 382 g/mol. The Morgan fingerprint density at radius 3 is 2.42 bits per heavy atom. The zero-order valence-electron chi connectivity index (χ0n) is 14.6. The Labute approximate surface area is 147 Å². The Bertz CT molecular complexity index is 857. The third-order valence-electron chi connectivity index (χ3n) is 4.02. The summed E-state index contributed by atoms with van der Waals surface area (Å²) < 4.78 is 1.48. The Morgan fingerprint density at radius 2 is 1.79 bits per heavy atom. The molecule has 0 aliphatic heterocycles. The Morgan fingerprint density at radius 1 is 1.08 bits per heavy atom. The standard InChI is InChI=1S/C19H23AsN4/c1-12(2)9-14-10-16-18(21)22-11-23-19(16)24-17(14)13-5-7-15(8-6-13)20(3)4/h5-8,10-12H,9H2,1-4H3,(H2,21,22,23,24). The van der Waals surface area contributed by atoms with Gasteiger partial charge >= 0.3 is 148 Å². The first kappa shape index (κ1) is 16.9. The average Bonchev–Trinajstić information content (AvgIpc) is 2.55. The molecular weight excluding hydrogens is 359 g/mol. The van der Waals surface area contributed by atoms with Crippen molar-refractivity contribution in [2.75, 3.05) is 5.73 Å². The normalized spacial score (nSPS) is 11.6. The molecule has 2 aromatic heterocycles. The van der Waals surface area contributed by atoms with Crippen LogP contribution in [-0.4, -0.2) is 29.6 Å². The number of rotatable bonds is 4. The molecule has 0 atom stereocenters. The summed E-state index contributed by atoms with van der Waals surface area (Å²) in [5.41, 5.74) is 14.7. The zero-order valence-corrected chi connectivity index (χ0v) is 16.5. The van der Waals surface area contributed by atoms with Crippen molar-refractivity contribution >= 4 is 35.9 Å². The van der Waals surface area contributed by atoms with Gasteiger partial charge in [0.05, 0.1) is 0 Å². The molecule has 0 spiro atoms. The fraction of sp³-hybridized carbons (Fsp3) is 0.316. The minimum absolute atomic E-state index is 0.491. The van der Waals surface area contributed by atoms with Crippen LogP contribution in [0.15, 0.2) is 36.7 Å². The van der Waals surface area contributed by atoms with Crippen LogP contribution in [-0.2, 0) is 6.42 Å². The van der Waals surface area contributed by atoms with Gasteiger partial charge in [0.25, 0.3) is 0 Å². The second-order valence-electron chi connectivity index (χ2n) is 6.67. The Kier molecular flexibility index (Phi) is 4.86. The molecule has 0 unspecified atom stereocenters. The van der Waals surface area contributed by atoms with Crippen LogP contribution in [0.25, 0.3) is 22.3 Å². The number of hydrogen-bond donors (Lipinski definition) is 1. The van der Waals surface area contributed by atoms with Gasteiger partial charge in [-0.2, -0.15) is 0 Å². The van der Waals surface area contributed by atoms with E-state index in [1.807, 2.05) is 0 Å². The number of pyridine rings is 1. The maximum atomic E-state index is 6.01. The number of aromatic nitrogens is 3. The summed E-state index contributed by atoms with van der Waals surface area (Å²) in [6.45, 7) is 4.43. The third kappa shape index (κ3) is 3.44. The van der Waals surface area contributed by atoms with Gasteiger partial charge in [-0.05, 0) is 0 Å². The molecule has 24 heavy (non-hydrogen) atoms. The van der Waals surface area contributed by atoms with Crippen LogP contribution in [0, 0.1) is 5.92 Å². The van der Waals surface area contributed by atoms with Crippen molar-refractivity contribution in [3.63, 3.8) is 0 Å². The van der Waals surface area contributed by atoms with Crippen molar-refractivity contribution in [1.29, 1.82) is 0 Å². The van der Waals surface area contributed by atoms with Gasteiger partial charge in [-0.1, -0.05) is 0 Å². The summed E-state index contributed by atoms with van der Waals surface area (Å²) in [4.78, 5) is 13.2. The molecule has 2 heterocycles. The summed E-state index contributed by atoms with van der Waals surface area (Å²) >= 11 is -0.849. The van der Waals surface area contributed by atoms with Crippen LogP contribution < -0.4 is 10.1 Å². The SMILES string of the molecule is CC(C)Cc1cc2c(N)ncnc2nc1-c1ccc([As](C)C)cc1. The molecule has 3 rings (SSSR count). The minimum atomic E-state index is -0.849. The summed E-state index contributed by atoms with van der Waals surface area (Å²) in [5, 5.41) is 0.837. The van der Waals surface area contributed by atoms with E-state index in [-0.39, 0.29) is 0 Å². The molecule has 1 aromatic carbocycles. The third-order valence-corrected chi connectivity index (χ3v) is 6.81. The molecule has 5 heteroatoms. The number of nitrogens with two attached hydrogens (primary N) is 1. The van der Waals surface area contributed by atoms with E-state index in [0.29, 0.717) is 17.4 Å². The van der Waals surface area contributed by atoms with E-state index in [2.05, 4.69) is 65.6 Å². The van der Waals surface area contributed by atoms with Crippen molar-refractivity contribution in [2.45, 2.75) is 31.7 Å². The molecule has 0 radical (unpaired) electrons. The van der Waals surface area contributed by atoms with Gasteiger partial charge in [-0.3, -0.25) is 0 Å². The van der Waals surface area contributed by atoms with Crippen molar-refractivity contribution in [3.8, 4) is 11.3 Å². The van der Waals surface area contributed by atoms with E-state index < -0.39 is 14.7 Å². The van der Waals surface area contributed by atoms with Crippen LogP contribution in [0.3, 0.4) is 0 Å². The van der Waals surface area contributed by atoms with Crippen molar-refractivity contribution in [2.24, 2.45) is 5.92 Å². The van der Waals surface area contributed by atoms with Crippen molar-refractivity contribution in [3.05, 3.63) is 42.2 Å². The van der Waals surface area contributed by atoms with E-state index in [4.69, 9.17) is 10.7 Å². The van der Waals surface area contributed by atoms with Gasteiger partial charge in [0.1, 0.15) is 0 Å². The van der Waals surface area contributed by atoms with Crippen LogP contribution >= 0.6 is 0 Å². The Balaban J connectivity index is 2.17. The Hall–Kier alpha value is -1.93. The fourth-order valence-corrected chi connectivity index (χ4v) is 4.37. The van der Waals surface area contributed by atoms with E-state index in [1.54, 1.807) is 0 Å². The van der Waals surface area contributed by atoms with Crippen LogP contribution in [0.1, 0.15) is 19.4 Å². The number of nitrogens with zero attached hydrogens (tertiary/aromatic N) is 3. The molecule has 124 valence electrons. The van der Waals surface area contributed by atoms with E-state index in [0.717, 1.165) is 23.1 Å². The molecule has 0 aliphatic rings. The second kappa shape index (κ2) is 6.90. The number of hydrogen-bond acceptors (Lipinski definition) is 4.